The first kappa shape index (κ1) is 21.5. The highest BCUT2D eigenvalue weighted by Gasteiger charge is 2.35. The van der Waals surface area contributed by atoms with Crippen LogP contribution in [0.2, 0.25) is 0 Å². The van der Waals surface area contributed by atoms with Gasteiger partial charge in [0.25, 0.3) is 0 Å². The summed E-state index contributed by atoms with van der Waals surface area (Å²) in [6.07, 6.45) is 2.46. The van der Waals surface area contributed by atoms with Crippen molar-refractivity contribution in [3.05, 3.63) is 54.6 Å². The molecule has 3 aromatic rings. The number of hydrogen-bond acceptors (Lipinski definition) is 6. The summed E-state index contributed by atoms with van der Waals surface area (Å²) >= 11 is 2.73. The lowest BCUT2D eigenvalue weighted by Crippen LogP contribution is -2.32. The molecule has 1 heterocycles. The molecule has 2 amide bonds. The molecule has 1 N–H and O–H groups in total. The van der Waals surface area contributed by atoms with Crippen molar-refractivity contribution in [1.29, 1.82) is 0 Å². The SMILES string of the molecule is CCC(=O)N(c1nnc(S[C@@H](C)C(=O)Nc2ccccc2-c2ccccc2)s1)C1CC1. The minimum Gasteiger partial charge on any atom is -0.325 e. The minimum atomic E-state index is -0.360. The molecule has 8 heteroatoms. The van der Waals surface area contributed by atoms with E-state index in [0.29, 0.717) is 15.9 Å². The first-order valence-corrected chi connectivity index (χ1v) is 12.0. The first-order valence-electron chi connectivity index (χ1n) is 10.3. The maximum Gasteiger partial charge on any atom is 0.237 e. The van der Waals surface area contributed by atoms with E-state index < -0.39 is 0 Å². The number of amides is 2. The lowest BCUT2D eigenvalue weighted by atomic mass is 10.0. The summed E-state index contributed by atoms with van der Waals surface area (Å²) in [5, 5.41) is 11.7. The monoisotopic (exact) mass is 452 g/mol. The van der Waals surface area contributed by atoms with Crippen molar-refractivity contribution < 1.29 is 9.59 Å². The summed E-state index contributed by atoms with van der Waals surface area (Å²) < 4.78 is 0.684. The molecule has 0 spiro atoms. The maximum atomic E-state index is 12.9. The Morgan fingerprint density at radius 2 is 1.84 bits per heavy atom. The second-order valence-corrected chi connectivity index (χ2v) is 9.90. The Hall–Kier alpha value is -2.71. The average molecular weight is 453 g/mol. The molecule has 2 aromatic carbocycles. The van der Waals surface area contributed by atoms with E-state index in [1.54, 1.807) is 4.90 Å². The van der Waals surface area contributed by atoms with Gasteiger partial charge in [0, 0.05) is 23.7 Å². The quantitative estimate of drug-likeness (QED) is 0.374. The van der Waals surface area contributed by atoms with Gasteiger partial charge in [0.1, 0.15) is 0 Å². The van der Waals surface area contributed by atoms with Crippen molar-refractivity contribution >= 4 is 45.7 Å². The van der Waals surface area contributed by atoms with Gasteiger partial charge in [-0.3, -0.25) is 14.5 Å². The molecule has 1 aliphatic rings. The van der Waals surface area contributed by atoms with Crippen LogP contribution in [0.3, 0.4) is 0 Å². The molecule has 0 radical (unpaired) electrons. The standard InChI is InChI=1S/C23H24N4O2S2/c1-3-20(28)27(17-13-14-17)22-25-26-23(31-22)30-15(2)21(29)24-19-12-8-7-11-18(19)16-9-5-4-6-10-16/h4-12,15,17H,3,13-14H2,1-2H3,(H,24,29)/t15-/m0/s1. The van der Waals surface area contributed by atoms with E-state index in [2.05, 4.69) is 15.5 Å². The number of aromatic nitrogens is 2. The van der Waals surface area contributed by atoms with Crippen LogP contribution >= 0.6 is 23.1 Å². The Labute approximate surface area is 190 Å². The third kappa shape index (κ3) is 5.14. The van der Waals surface area contributed by atoms with Crippen molar-refractivity contribution in [3.63, 3.8) is 0 Å². The van der Waals surface area contributed by atoms with Crippen molar-refractivity contribution in [2.75, 3.05) is 10.2 Å². The van der Waals surface area contributed by atoms with Gasteiger partial charge in [0.15, 0.2) is 4.34 Å². The van der Waals surface area contributed by atoms with Crippen LogP contribution < -0.4 is 10.2 Å². The summed E-state index contributed by atoms with van der Waals surface area (Å²) in [7, 11) is 0. The highest BCUT2D eigenvalue weighted by molar-refractivity contribution is 8.02. The first-order chi connectivity index (χ1) is 15.1. The molecule has 0 aliphatic heterocycles. The molecule has 1 atom stereocenters. The van der Waals surface area contributed by atoms with Crippen LogP contribution in [0.5, 0.6) is 0 Å². The summed E-state index contributed by atoms with van der Waals surface area (Å²) in [5.41, 5.74) is 2.80. The second-order valence-electron chi connectivity index (χ2n) is 7.36. The van der Waals surface area contributed by atoms with E-state index in [9.17, 15) is 9.59 Å². The van der Waals surface area contributed by atoms with Gasteiger partial charge in [-0.1, -0.05) is 78.6 Å². The molecule has 1 aromatic heterocycles. The number of rotatable bonds is 8. The fraction of sp³-hybridized carbons (Fsp3) is 0.304. The summed E-state index contributed by atoms with van der Waals surface area (Å²) in [6.45, 7) is 3.70. The van der Waals surface area contributed by atoms with Gasteiger partial charge in [0.2, 0.25) is 16.9 Å². The fourth-order valence-electron chi connectivity index (χ4n) is 3.22. The van der Waals surface area contributed by atoms with Crippen LogP contribution in [-0.4, -0.2) is 33.3 Å². The van der Waals surface area contributed by atoms with Gasteiger partial charge in [0.05, 0.1) is 5.25 Å². The molecule has 1 fully saturated rings. The number of thioether (sulfide) groups is 1. The smallest absolute Gasteiger partial charge is 0.237 e. The normalized spacial score (nSPS) is 14.1. The number of nitrogens with one attached hydrogen (secondary N) is 1. The maximum absolute atomic E-state index is 12.9. The van der Waals surface area contributed by atoms with Gasteiger partial charge in [-0.2, -0.15) is 0 Å². The van der Waals surface area contributed by atoms with E-state index >= 15 is 0 Å². The molecule has 1 aliphatic carbocycles. The number of carbonyl (C=O) groups is 2. The van der Waals surface area contributed by atoms with E-state index in [0.717, 1.165) is 29.7 Å². The summed E-state index contributed by atoms with van der Waals surface area (Å²) in [6, 6.07) is 18.0. The van der Waals surface area contributed by atoms with Crippen molar-refractivity contribution in [2.45, 2.75) is 48.7 Å². The van der Waals surface area contributed by atoms with Gasteiger partial charge in [-0.25, -0.2) is 0 Å². The van der Waals surface area contributed by atoms with Crippen molar-refractivity contribution in [1.82, 2.24) is 10.2 Å². The van der Waals surface area contributed by atoms with Gasteiger partial charge in [-0.05, 0) is 31.4 Å². The van der Waals surface area contributed by atoms with E-state index in [1.165, 1.54) is 23.1 Å². The van der Waals surface area contributed by atoms with Crippen LogP contribution in [0.25, 0.3) is 11.1 Å². The topological polar surface area (TPSA) is 75.2 Å². The molecule has 160 valence electrons. The minimum absolute atomic E-state index is 0.0681. The second kappa shape index (κ2) is 9.62. The van der Waals surface area contributed by atoms with Crippen LogP contribution in [0.1, 0.15) is 33.1 Å². The molecule has 0 saturated heterocycles. The predicted molar refractivity (Wildman–Crippen MR) is 127 cm³/mol. The third-order valence-corrected chi connectivity index (χ3v) is 7.11. The predicted octanol–water partition coefficient (Wildman–Crippen LogP) is 5.23. The lowest BCUT2D eigenvalue weighted by Gasteiger charge is -2.17. The Balaban J connectivity index is 1.44. The highest BCUT2D eigenvalue weighted by atomic mass is 32.2. The zero-order chi connectivity index (χ0) is 21.8. The largest absolute Gasteiger partial charge is 0.325 e. The van der Waals surface area contributed by atoms with Gasteiger partial charge in [-0.15, -0.1) is 10.2 Å². The van der Waals surface area contributed by atoms with E-state index in [4.69, 9.17) is 0 Å². The molecular weight excluding hydrogens is 428 g/mol. The van der Waals surface area contributed by atoms with Crippen LogP contribution in [0.15, 0.2) is 58.9 Å². The van der Waals surface area contributed by atoms with Crippen molar-refractivity contribution in [3.8, 4) is 11.1 Å². The Kier molecular flexibility index (Phi) is 6.67. The van der Waals surface area contributed by atoms with Gasteiger partial charge < -0.3 is 5.32 Å². The number of para-hydroxylation sites is 1. The summed E-state index contributed by atoms with van der Waals surface area (Å²) in [5.74, 6) is -0.0349. The zero-order valence-electron chi connectivity index (χ0n) is 17.4. The molecule has 6 nitrogen and oxygen atoms in total. The molecule has 31 heavy (non-hydrogen) atoms. The number of carbonyl (C=O) groups excluding carboxylic acids is 2. The molecular formula is C23H24N4O2S2. The average Bonchev–Trinajstić information content (AvgIpc) is 3.53. The van der Waals surface area contributed by atoms with E-state index in [-0.39, 0.29) is 23.1 Å². The van der Waals surface area contributed by atoms with E-state index in [1.807, 2.05) is 68.4 Å². The molecule has 0 bridgehead atoms. The molecule has 0 unspecified atom stereocenters. The van der Waals surface area contributed by atoms with Crippen LogP contribution in [-0.2, 0) is 9.59 Å². The number of nitrogens with zero attached hydrogens (tertiary/aromatic N) is 3. The van der Waals surface area contributed by atoms with Crippen LogP contribution in [0.4, 0.5) is 10.8 Å². The lowest BCUT2D eigenvalue weighted by molar-refractivity contribution is -0.118. The Morgan fingerprint density at radius 3 is 2.55 bits per heavy atom. The zero-order valence-corrected chi connectivity index (χ0v) is 19.1. The Bertz CT molecular complexity index is 1070. The molecule has 1 saturated carbocycles. The van der Waals surface area contributed by atoms with Gasteiger partial charge >= 0.3 is 0 Å². The summed E-state index contributed by atoms with van der Waals surface area (Å²) in [4.78, 5) is 26.9. The number of anilines is 2. The third-order valence-electron chi connectivity index (χ3n) is 5.00. The Morgan fingerprint density at radius 1 is 1.13 bits per heavy atom. The molecule has 4 rings (SSSR count). The van der Waals surface area contributed by atoms with Crippen LogP contribution in [0, 0.1) is 0 Å². The van der Waals surface area contributed by atoms with Crippen molar-refractivity contribution in [2.24, 2.45) is 0 Å². The number of hydrogen-bond donors (Lipinski definition) is 1. The fourth-order valence-corrected chi connectivity index (χ4v) is 5.29. The highest BCUT2D eigenvalue weighted by Crippen LogP contribution is 2.37. The number of benzene rings is 2.